The van der Waals surface area contributed by atoms with Gasteiger partial charge in [0.2, 0.25) is 11.8 Å². The standard InChI is InChI=1S/C16H18N4O4/c1-3-13-18-19-14(24-13)8-20(4-2)16(22)17-11-5-6-12-10(7-11)9-23-15(12)21/h5-7H,3-4,8-9H2,1-2H3,(H,17,22). The van der Waals surface area contributed by atoms with Crippen LogP contribution in [0.1, 0.15) is 41.6 Å². The summed E-state index contributed by atoms with van der Waals surface area (Å²) < 4.78 is 10.4. The first-order valence-corrected chi connectivity index (χ1v) is 7.78. The van der Waals surface area contributed by atoms with Gasteiger partial charge in [0.05, 0.1) is 5.56 Å². The van der Waals surface area contributed by atoms with Crippen LogP contribution in [0.4, 0.5) is 10.5 Å². The molecule has 1 N–H and O–H groups in total. The minimum Gasteiger partial charge on any atom is -0.457 e. The van der Waals surface area contributed by atoms with Crippen molar-refractivity contribution in [1.29, 1.82) is 0 Å². The quantitative estimate of drug-likeness (QED) is 0.845. The third-order valence-corrected chi connectivity index (χ3v) is 3.74. The summed E-state index contributed by atoms with van der Waals surface area (Å²) in [6.07, 6.45) is 0.654. The van der Waals surface area contributed by atoms with Crippen LogP contribution in [0.25, 0.3) is 0 Å². The summed E-state index contributed by atoms with van der Waals surface area (Å²) in [5.74, 6) is 0.614. The van der Waals surface area contributed by atoms with Crippen molar-refractivity contribution in [3.8, 4) is 0 Å². The lowest BCUT2D eigenvalue weighted by Gasteiger charge is -2.19. The Morgan fingerprint density at radius 1 is 1.29 bits per heavy atom. The van der Waals surface area contributed by atoms with Crippen molar-refractivity contribution in [2.45, 2.75) is 33.4 Å². The molecule has 3 rings (SSSR count). The van der Waals surface area contributed by atoms with E-state index in [-0.39, 0.29) is 25.2 Å². The summed E-state index contributed by atoms with van der Waals surface area (Å²) in [5.41, 5.74) is 1.92. The van der Waals surface area contributed by atoms with E-state index in [0.717, 1.165) is 5.56 Å². The lowest BCUT2D eigenvalue weighted by Crippen LogP contribution is -2.34. The smallest absolute Gasteiger partial charge is 0.338 e. The third-order valence-electron chi connectivity index (χ3n) is 3.74. The van der Waals surface area contributed by atoms with E-state index in [1.165, 1.54) is 0 Å². The zero-order chi connectivity index (χ0) is 17.1. The van der Waals surface area contributed by atoms with Gasteiger partial charge in [-0.15, -0.1) is 10.2 Å². The zero-order valence-electron chi connectivity index (χ0n) is 13.5. The Balaban J connectivity index is 1.67. The number of anilines is 1. The number of nitrogens with zero attached hydrogens (tertiary/aromatic N) is 3. The lowest BCUT2D eigenvalue weighted by atomic mass is 10.1. The molecule has 1 aliphatic heterocycles. The van der Waals surface area contributed by atoms with Crippen LogP contribution in [-0.2, 0) is 24.3 Å². The van der Waals surface area contributed by atoms with Gasteiger partial charge in [-0.25, -0.2) is 9.59 Å². The molecule has 0 bridgehead atoms. The van der Waals surface area contributed by atoms with E-state index in [2.05, 4.69) is 15.5 Å². The topological polar surface area (TPSA) is 97.6 Å². The van der Waals surface area contributed by atoms with Crippen LogP contribution in [0.5, 0.6) is 0 Å². The van der Waals surface area contributed by atoms with E-state index >= 15 is 0 Å². The minimum absolute atomic E-state index is 0.233. The van der Waals surface area contributed by atoms with Crippen molar-refractivity contribution < 1.29 is 18.7 Å². The molecule has 0 aliphatic carbocycles. The van der Waals surface area contributed by atoms with Gasteiger partial charge in [-0.2, -0.15) is 0 Å². The van der Waals surface area contributed by atoms with Crippen LogP contribution in [-0.4, -0.2) is 33.6 Å². The molecule has 8 nitrogen and oxygen atoms in total. The predicted molar refractivity (Wildman–Crippen MR) is 84.3 cm³/mol. The molecule has 24 heavy (non-hydrogen) atoms. The summed E-state index contributed by atoms with van der Waals surface area (Å²) in [6.45, 7) is 4.75. The van der Waals surface area contributed by atoms with Crippen molar-refractivity contribution in [2.75, 3.05) is 11.9 Å². The maximum atomic E-state index is 12.4. The highest BCUT2D eigenvalue weighted by atomic mass is 16.5. The van der Waals surface area contributed by atoms with E-state index in [1.807, 2.05) is 13.8 Å². The van der Waals surface area contributed by atoms with E-state index in [1.54, 1.807) is 23.1 Å². The number of urea groups is 1. The van der Waals surface area contributed by atoms with Gasteiger partial charge >= 0.3 is 12.0 Å². The van der Waals surface area contributed by atoms with Crippen LogP contribution in [0.3, 0.4) is 0 Å². The maximum absolute atomic E-state index is 12.4. The number of carbonyl (C=O) groups excluding carboxylic acids is 2. The highest BCUT2D eigenvalue weighted by Gasteiger charge is 2.22. The Labute approximate surface area is 138 Å². The number of hydrogen-bond donors (Lipinski definition) is 1. The molecule has 0 saturated carbocycles. The molecular formula is C16H18N4O4. The lowest BCUT2D eigenvalue weighted by molar-refractivity contribution is 0.0535. The summed E-state index contributed by atoms with van der Waals surface area (Å²) >= 11 is 0. The monoisotopic (exact) mass is 330 g/mol. The maximum Gasteiger partial charge on any atom is 0.338 e. The molecule has 1 aromatic carbocycles. The molecule has 0 atom stereocenters. The number of aryl methyl sites for hydroxylation is 1. The summed E-state index contributed by atoms with van der Waals surface area (Å²) in [6, 6.07) is 4.80. The number of nitrogens with one attached hydrogen (secondary N) is 1. The number of ether oxygens (including phenoxy) is 1. The van der Waals surface area contributed by atoms with Gasteiger partial charge in [0.25, 0.3) is 0 Å². The molecule has 0 unspecified atom stereocenters. The Hall–Kier alpha value is -2.90. The molecular weight excluding hydrogens is 312 g/mol. The molecule has 2 aromatic rings. The van der Waals surface area contributed by atoms with Crippen LogP contribution in [0, 0.1) is 0 Å². The van der Waals surface area contributed by atoms with E-state index in [4.69, 9.17) is 9.15 Å². The molecule has 0 radical (unpaired) electrons. The summed E-state index contributed by atoms with van der Waals surface area (Å²) in [7, 11) is 0. The van der Waals surface area contributed by atoms with E-state index < -0.39 is 0 Å². The number of carbonyl (C=O) groups is 2. The van der Waals surface area contributed by atoms with Crippen molar-refractivity contribution in [3.05, 3.63) is 41.1 Å². The molecule has 0 fully saturated rings. The van der Waals surface area contributed by atoms with Crippen molar-refractivity contribution in [3.63, 3.8) is 0 Å². The van der Waals surface area contributed by atoms with Gasteiger partial charge in [-0.3, -0.25) is 0 Å². The molecule has 0 spiro atoms. The molecule has 126 valence electrons. The number of hydrogen-bond acceptors (Lipinski definition) is 6. The Kier molecular flexibility index (Phi) is 4.45. The molecule has 1 aliphatic rings. The highest BCUT2D eigenvalue weighted by Crippen LogP contribution is 2.23. The second-order valence-corrected chi connectivity index (χ2v) is 5.34. The van der Waals surface area contributed by atoms with Gasteiger partial charge in [-0.1, -0.05) is 6.92 Å². The number of benzene rings is 1. The van der Waals surface area contributed by atoms with Crippen LogP contribution < -0.4 is 5.32 Å². The molecule has 1 aromatic heterocycles. The molecule has 2 heterocycles. The van der Waals surface area contributed by atoms with Crippen LogP contribution >= 0.6 is 0 Å². The Bertz CT molecular complexity index is 771. The zero-order valence-corrected chi connectivity index (χ0v) is 13.5. The van der Waals surface area contributed by atoms with Gasteiger partial charge in [0.15, 0.2) is 0 Å². The first-order chi connectivity index (χ1) is 11.6. The number of cyclic esters (lactones) is 1. The third kappa shape index (κ3) is 3.22. The fourth-order valence-electron chi connectivity index (χ4n) is 2.40. The number of esters is 1. The summed E-state index contributed by atoms with van der Waals surface area (Å²) in [5, 5.41) is 10.6. The first kappa shape index (κ1) is 16.0. The molecule has 8 heteroatoms. The average Bonchev–Trinajstić information content (AvgIpc) is 3.19. The van der Waals surface area contributed by atoms with Gasteiger partial charge in [0, 0.05) is 24.2 Å². The fraction of sp³-hybridized carbons (Fsp3) is 0.375. The number of rotatable bonds is 5. The van der Waals surface area contributed by atoms with Crippen molar-refractivity contribution in [2.24, 2.45) is 0 Å². The first-order valence-electron chi connectivity index (χ1n) is 7.78. The Morgan fingerprint density at radius 3 is 2.79 bits per heavy atom. The van der Waals surface area contributed by atoms with Crippen LogP contribution in [0.2, 0.25) is 0 Å². The average molecular weight is 330 g/mol. The Morgan fingerprint density at radius 2 is 2.08 bits per heavy atom. The number of aromatic nitrogens is 2. The number of amides is 2. The largest absolute Gasteiger partial charge is 0.457 e. The highest BCUT2D eigenvalue weighted by molar-refractivity contribution is 5.95. The SMILES string of the molecule is CCc1nnc(CN(CC)C(=O)Nc2ccc3c(c2)COC3=O)o1. The molecule has 0 saturated heterocycles. The molecule has 2 amide bonds. The fourth-order valence-corrected chi connectivity index (χ4v) is 2.40. The minimum atomic E-state index is -0.332. The summed E-state index contributed by atoms with van der Waals surface area (Å²) in [4.78, 5) is 25.4. The predicted octanol–water partition coefficient (Wildman–Crippen LogP) is 2.36. The second kappa shape index (κ2) is 6.69. The number of fused-ring (bicyclic) bond motifs is 1. The van der Waals surface area contributed by atoms with Gasteiger partial charge in [0.1, 0.15) is 13.2 Å². The van der Waals surface area contributed by atoms with E-state index in [9.17, 15) is 9.59 Å². The normalized spacial score (nSPS) is 12.7. The van der Waals surface area contributed by atoms with Gasteiger partial charge < -0.3 is 19.4 Å². The van der Waals surface area contributed by atoms with Crippen molar-refractivity contribution >= 4 is 17.7 Å². The van der Waals surface area contributed by atoms with Crippen LogP contribution in [0.15, 0.2) is 22.6 Å². The van der Waals surface area contributed by atoms with Crippen molar-refractivity contribution in [1.82, 2.24) is 15.1 Å². The van der Waals surface area contributed by atoms with E-state index in [0.29, 0.717) is 36.0 Å². The second-order valence-electron chi connectivity index (χ2n) is 5.34. The van der Waals surface area contributed by atoms with Gasteiger partial charge in [-0.05, 0) is 25.1 Å².